The van der Waals surface area contributed by atoms with Gasteiger partial charge in [-0.05, 0) is 62.2 Å². The second-order valence-electron chi connectivity index (χ2n) is 6.69. The Labute approximate surface area is 149 Å². The predicted molar refractivity (Wildman–Crippen MR) is 102 cm³/mol. The minimum absolute atomic E-state index is 0.168. The van der Waals surface area contributed by atoms with E-state index in [-0.39, 0.29) is 5.92 Å². The van der Waals surface area contributed by atoms with Crippen LogP contribution in [0.5, 0.6) is 0 Å². The molecule has 5 heteroatoms. The second kappa shape index (κ2) is 6.32. The van der Waals surface area contributed by atoms with Crippen LogP contribution in [0.25, 0.3) is 10.9 Å². The van der Waals surface area contributed by atoms with Crippen molar-refractivity contribution in [3.63, 3.8) is 0 Å². The van der Waals surface area contributed by atoms with Crippen molar-refractivity contribution in [3.8, 4) is 0 Å². The smallest absolute Gasteiger partial charge is 0.206 e. The number of aromatic nitrogens is 1. The number of fused-ring (bicyclic) bond motifs is 1. The van der Waals surface area contributed by atoms with Gasteiger partial charge in [0.1, 0.15) is 0 Å². The Morgan fingerprint density at radius 2 is 1.64 bits per heavy atom. The van der Waals surface area contributed by atoms with Gasteiger partial charge < -0.3 is 10.3 Å². The molecule has 0 aliphatic carbocycles. The highest BCUT2D eigenvalue weighted by Gasteiger charge is 2.22. The first kappa shape index (κ1) is 17.7. The summed E-state index contributed by atoms with van der Waals surface area (Å²) in [4.78, 5) is 0.637. The summed E-state index contributed by atoms with van der Waals surface area (Å²) in [6.45, 7) is 6.59. The number of benzene rings is 2. The number of rotatable bonds is 4. The van der Waals surface area contributed by atoms with E-state index in [0.29, 0.717) is 16.3 Å². The van der Waals surface area contributed by atoms with Gasteiger partial charge in [-0.25, -0.2) is 8.42 Å². The molecular formula is C20H24N2O2S. The van der Waals surface area contributed by atoms with Gasteiger partial charge in [-0.15, -0.1) is 0 Å². The molecule has 0 radical (unpaired) electrons. The number of aryl methyl sites for hydroxylation is 2. The van der Waals surface area contributed by atoms with Gasteiger partial charge in [0.05, 0.1) is 9.79 Å². The first-order chi connectivity index (χ1) is 11.8. The molecule has 1 aromatic heterocycles. The van der Waals surface area contributed by atoms with Gasteiger partial charge in [0, 0.05) is 23.6 Å². The lowest BCUT2D eigenvalue weighted by atomic mass is 9.98. The number of nitrogens with two attached hydrogens (primary N) is 1. The normalized spacial score (nSPS) is 13.3. The number of nitrogens with zero attached hydrogens (tertiary/aromatic N) is 1. The van der Waals surface area contributed by atoms with Gasteiger partial charge in [-0.1, -0.05) is 24.6 Å². The van der Waals surface area contributed by atoms with Crippen molar-refractivity contribution in [3.05, 3.63) is 59.3 Å². The summed E-state index contributed by atoms with van der Waals surface area (Å²) in [5.74, 6) is 0.168. The Hall–Kier alpha value is -2.11. The summed E-state index contributed by atoms with van der Waals surface area (Å²) < 4.78 is 28.1. The Morgan fingerprint density at radius 3 is 2.24 bits per heavy atom. The van der Waals surface area contributed by atoms with Crippen LogP contribution in [0.4, 0.5) is 0 Å². The lowest BCUT2D eigenvalue weighted by molar-refractivity contribution is 0.596. The van der Waals surface area contributed by atoms with Crippen molar-refractivity contribution >= 4 is 20.7 Å². The lowest BCUT2D eigenvalue weighted by Crippen LogP contribution is -2.10. The highest BCUT2D eigenvalue weighted by molar-refractivity contribution is 7.91. The summed E-state index contributed by atoms with van der Waals surface area (Å²) in [6, 6.07) is 12.3. The Balaban J connectivity index is 2.23. The van der Waals surface area contributed by atoms with Gasteiger partial charge in [-0.3, -0.25) is 0 Å². The third-order valence-electron chi connectivity index (χ3n) is 5.00. The molecule has 3 rings (SSSR count). The van der Waals surface area contributed by atoms with Crippen LogP contribution in [0.2, 0.25) is 0 Å². The molecule has 0 fully saturated rings. The van der Waals surface area contributed by atoms with Crippen LogP contribution < -0.4 is 5.73 Å². The van der Waals surface area contributed by atoms with Crippen LogP contribution in [0.15, 0.2) is 52.3 Å². The highest BCUT2D eigenvalue weighted by Crippen LogP contribution is 2.33. The fourth-order valence-corrected chi connectivity index (χ4v) is 4.63. The summed E-state index contributed by atoms with van der Waals surface area (Å²) in [5, 5.41) is 0.964. The molecule has 0 aliphatic heterocycles. The van der Waals surface area contributed by atoms with Gasteiger partial charge in [0.2, 0.25) is 9.84 Å². The Bertz CT molecular complexity index is 1030. The summed E-state index contributed by atoms with van der Waals surface area (Å²) in [7, 11) is -1.54. The van der Waals surface area contributed by atoms with Crippen LogP contribution in [-0.2, 0) is 16.9 Å². The maximum absolute atomic E-state index is 13.0. The molecule has 2 aromatic carbocycles. The minimum Gasteiger partial charge on any atom is -0.348 e. The first-order valence-electron chi connectivity index (χ1n) is 8.38. The maximum atomic E-state index is 13.0. The Kier molecular flexibility index (Phi) is 4.47. The van der Waals surface area contributed by atoms with Crippen molar-refractivity contribution in [1.82, 2.24) is 4.57 Å². The fourth-order valence-electron chi connectivity index (χ4n) is 3.34. The topological polar surface area (TPSA) is 65.1 Å². The molecule has 0 aliphatic rings. The fraction of sp³-hybridized carbons (Fsp3) is 0.300. The molecule has 0 saturated heterocycles. The molecule has 0 amide bonds. The van der Waals surface area contributed by atoms with E-state index in [2.05, 4.69) is 18.4 Å². The Morgan fingerprint density at radius 1 is 1.04 bits per heavy atom. The van der Waals surface area contributed by atoms with E-state index in [9.17, 15) is 8.42 Å². The molecule has 0 saturated carbocycles. The van der Waals surface area contributed by atoms with Crippen molar-refractivity contribution in [2.75, 3.05) is 6.54 Å². The van der Waals surface area contributed by atoms with E-state index in [1.807, 2.05) is 32.2 Å². The van der Waals surface area contributed by atoms with Crippen LogP contribution >= 0.6 is 0 Å². The van der Waals surface area contributed by atoms with Crippen molar-refractivity contribution in [2.24, 2.45) is 12.8 Å². The average Bonchev–Trinajstić information content (AvgIpc) is 2.85. The number of hydrogen-bond acceptors (Lipinski definition) is 3. The van der Waals surface area contributed by atoms with Gasteiger partial charge in [0.15, 0.2) is 0 Å². The molecule has 1 unspecified atom stereocenters. The lowest BCUT2D eigenvalue weighted by Gasteiger charge is -2.10. The molecule has 25 heavy (non-hydrogen) atoms. The number of hydrogen-bond donors (Lipinski definition) is 1. The van der Waals surface area contributed by atoms with E-state index in [4.69, 9.17) is 5.73 Å². The second-order valence-corrected chi connectivity index (χ2v) is 8.64. The van der Waals surface area contributed by atoms with Crippen LogP contribution in [0.1, 0.15) is 29.7 Å². The van der Waals surface area contributed by atoms with E-state index >= 15 is 0 Å². The van der Waals surface area contributed by atoms with Crippen LogP contribution in [0, 0.1) is 13.8 Å². The standard InChI is InChI=1S/C20H24N2O2S/c1-13-5-7-16(8-6-13)25(23,24)17-9-10-19-18(11-17)20(14(2)12-21)15(3)22(19)4/h5-11,14H,12,21H2,1-4H3. The van der Waals surface area contributed by atoms with Gasteiger partial charge in [0.25, 0.3) is 0 Å². The van der Waals surface area contributed by atoms with E-state index in [1.165, 1.54) is 0 Å². The van der Waals surface area contributed by atoms with Gasteiger partial charge >= 0.3 is 0 Å². The highest BCUT2D eigenvalue weighted by atomic mass is 32.2. The molecule has 2 N–H and O–H groups in total. The zero-order valence-corrected chi connectivity index (χ0v) is 15.9. The van der Waals surface area contributed by atoms with Crippen molar-refractivity contribution < 1.29 is 8.42 Å². The molecule has 1 atom stereocenters. The third kappa shape index (κ3) is 2.87. The van der Waals surface area contributed by atoms with E-state index in [1.54, 1.807) is 24.3 Å². The van der Waals surface area contributed by atoms with Crippen molar-refractivity contribution in [2.45, 2.75) is 36.5 Å². The SMILES string of the molecule is Cc1ccc(S(=O)(=O)c2ccc3c(c2)c(C(C)CN)c(C)n3C)cc1. The van der Waals surface area contributed by atoms with Gasteiger partial charge in [-0.2, -0.15) is 0 Å². The zero-order valence-electron chi connectivity index (χ0n) is 15.1. The predicted octanol–water partition coefficient (Wildman–Crippen LogP) is 3.69. The van der Waals surface area contributed by atoms with Crippen LogP contribution in [0.3, 0.4) is 0 Å². The monoisotopic (exact) mass is 356 g/mol. The van der Waals surface area contributed by atoms with Crippen LogP contribution in [-0.4, -0.2) is 19.5 Å². The zero-order chi connectivity index (χ0) is 18.4. The molecule has 3 aromatic rings. The quantitative estimate of drug-likeness (QED) is 0.775. The average molecular weight is 356 g/mol. The number of sulfone groups is 1. The molecular weight excluding hydrogens is 332 g/mol. The van der Waals surface area contributed by atoms with E-state index in [0.717, 1.165) is 27.7 Å². The first-order valence-corrected chi connectivity index (χ1v) is 9.86. The molecule has 132 valence electrons. The molecule has 1 heterocycles. The molecule has 0 bridgehead atoms. The molecule has 4 nitrogen and oxygen atoms in total. The summed E-state index contributed by atoms with van der Waals surface area (Å²) in [5.41, 5.74) is 10.2. The largest absolute Gasteiger partial charge is 0.348 e. The van der Waals surface area contributed by atoms with Crippen molar-refractivity contribution in [1.29, 1.82) is 0 Å². The summed E-state index contributed by atoms with van der Waals surface area (Å²) >= 11 is 0. The van der Waals surface area contributed by atoms with E-state index < -0.39 is 9.84 Å². The third-order valence-corrected chi connectivity index (χ3v) is 6.77. The molecule has 0 spiro atoms. The minimum atomic E-state index is -3.54. The maximum Gasteiger partial charge on any atom is 0.206 e. The summed E-state index contributed by atoms with van der Waals surface area (Å²) in [6.07, 6.45) is 0.